The van der Waals surface area contributed by atoms with Crippen LogP contribution < -0.4 is 15.8 Å². The summed E-state index contributed by atoms with van der Waals surface area (Å²) in [4.78, 5) is 16.7. The molecule has 3 N–H and O–H groups in total. The Bertz CT molecular complexity index is 1240. The Labute approximate surface area is 178 Å². The quantitative estimate of drug-likeness (QED) is 0.491. The molecule has 0 fully saturated rings. The van der Waals surface area contributed by atoms with Crippen molar-refractivity contribution in [1.29, 1.82) is 0 Å². The summed E-state index contributed by atoms with van der Waals surface area (Å²) < 4.78 is 7.65. The van der Waals surface area contributed by atoms with E-state index < -0.39 is 0 Å². The van der Waals surface area contributed by atoms with E-state index in [2.05, 4.69) is 15.4 Å². The molecule has 0 radical (unpaired) electrons. The van der Waals surface area contributed by atoms with Crippen molar-refractivity contribution in [3.05, 3.63) is 77.1 Å². The molecule has 0 unspecified atom stereocenters. The fourth-order valence-electron chi connectivity index (χ4n) is 3.14. The van der Waals surface area contributed by atoms with Crippen molar-refractivity contribution in [3.63, 3.8) is 0 Å². The van der Waals surface area contributed by atoms with Crippen LogP contribution in [0.5, 0.6) is 5.75 Å². The summed E-state index contributed by atoms with van der Waals surface area (Å²) in [5.74, 6) is 0.474. The van der Waals surface area contributed by atoms with Gasteiger partial charge in [-0.15, -0.1) is 0 Å². The van der Waals surface area contributed by atoms with Crippen LogP contribution in [0.1, 0.15) is 28.9 Å². The van der Waals surface area contributed by atoms with Crippen LogP contribution in [0.3, 0.4) is 0 Å². The zero-order valence-corrected chi connectivity index (χ0v) is 17.2. The Hall–Kier alpha value is -3.58. The molecule has 30 heavy (non-hydrogen) atoms. The number of fused-ring (bicyclic) bond motifs is 1. The molecule has 0 aliphatic rings. The summed E-state index contributed by atoms with van der Waals surface area (Å²) in [6.45, 7) is 1.89. The van der Waals surface area contributed by atoms with Crippen LogP contribution in [0.4, 0.5) is 11.5 Å². The first kappa shape index (κ1) is 19.7. The third-order valence-electron chi connectivity index (χ3n) is 4.78. The molecular weight excluding hydrogens is 402 g/mol. The van der Waals surface area contributed by atoms with Crippen molar-refractivity contribution in [2.75, 3.05) is 11.1 Å². The lowest BCUT2D eigenvalue weighted by atomic mass is 10.1. The zero-order valence-electron chi connectivity index (χ0n) is 16.5. The third-order valence-corrected chi connectivity index (χ3v) is 4.98. The summed E-state index contributed by atoms with van der Waals surface area (Å²) in [6.07, 6.45) is 2.91. The molecule has 2 aromatic carbocycles. The van der Waals surface area contributed by atoms with Crippen molar-refractivity contribution < 1.29 is 9.53 Å². The van der Waals surface area contributed by atoms with Gasteiger partial charge >= 0.3 is 0 Å². The van der Waals surface area contributed by atoms with Gasteiger partial charge in [0.25, 0.3) is 5.91 Å². The van der Waals surface area contributed by atoms with Crippen molar-refractivity contribution in [1.82, 2.24) is 14.8 Å². The molecule has 0 aliphatic carbocycles. The van der Waals surface area contributed by atoms with Gasteiger partial charge in [0.15, 0.2) is 11.6 Å². The first-order valence-corrected chi connectivity index (χ1v) is 9.69. The van der Waals surface area contributed by atoms with E-state index in [0.717, 1.165) is 16.5 Å². The second kappa shape index (κ2) is 8.04. The average Bonchev–Trinajstić information content (AvgIpc) is 3.11. The Balaban J connectivity index is 1.51. The SMILES string of the molecule is C[C@@H](Oc1cc(Cl)cnc1N)c1cccc(NC(=O)c2ccc3cnn(C)c3c2)c1. The van der Waals surface area contributed by atoms with Gasteiger partial charge in [0.1, 0.15) is 6.10 Å². The molecule has 7 nitrogen and oxygen atoms in total. The molecule has 4 rings (SSSR count). The van der Waals surface area contributed by atoms with Gasteiger partial charge in [0.2, 0.25) is 0 Å². The molecule has 2 heterocycles. The lowest BCUT2D eigenvalue weighted by Crippen LogP contribution is -2.13. The molecule has 4 aromatic rings. The van der Waals surface area contributed by atoms with E-state index in [4.69, 9.17) is 22.1 Å². The molecular formula is C22H20ClN5O2. The van der Waals surface area contributed by atoms with Crippen LogP contribution >= 0.6 is 11.6 Å². The number of aromatic nitrogens is 3. The summed E-state index contributed by atoms with van der Waals surface area (Å²) in [6, 6.07) is 14.6. The number of hydrogen-bond acceptors (Lipinski definition) is 5. The van der Waals surface area contributed by atoms with Crippen molar-refractivity contribution in [2.24, 2.45) is 7.05 Å². The van der Waals surface area contributed by atoms with E-state index >= 15 is 0 Å². The van der Waals surface area contributed by atoms with Gasteiger partial charge in [-0.25, -0.2) is 4.98 Å². The van der Waals surface area contributed by atoms with E-state index in [9.17, 15) is 4.79 Å². The largest absolute Gasteiger partial charge is 0.482 e. The first-order valence-electron chi connectivity index (χ1n) is 9.31. The maximum Gasteiger partial charge on any atom is 0.255 e. The fraction of sp³-hybridized carbons (Fsp3) is 0.136. The minimum Gasteiger partial charge on any atom is -0.482 e. The lowest BCUT2D eigenvalue weighted by molar-refractivity contribution is 0.102. The Morgan fingerprint density at radius 3 is 2.87 bits per heavy atom. The molecule has 0 bridgehead atoms. The molecule has 0 saturated heterocycles. The van der Waals surface area contributed by atoms with Crippen LogP contribution in [0.15, 0.2) is 60.9 Å². The van der Waals surface area contributed by atoms with E-state index in [1.807, 2.05) is 50.4 Å². The first-order chi connectivity index (χ1) is 14.4. The van der Waals surface area contributed by atoms with Crippen molar-refractivity contribution >= 4 is 39.9 Å². The molecule has 8 heteroatoms. The van der Waals surface area contributed by atoms with Gasteiger partial charge in [-0.1, -0.05) is 29.8 Å². The van der Waals surface area contributed by atoms with Gasteiger partial charge in [-0.2, -0.15) is 5.10 Å². The average molecular weight is 422 g/mol. The summed E-state index contributed by atoms with van der Waals surface area (Å²) in [5.41, 5.74) is 8.84. The number of ether oxygens (including phenoxy) is 1. The molecule has 0 saturated carbocycles. The van der Waals surface area contributed by atoms with Crippen LogP contribution in [0.25, 0.3) is 10.9 Å². The Morgan fingerprint density at radius 1 is 1.20 bits per heavy atom. The number of benzene rings is 2. The predicted octanol–water partition coefficient (Wildman–Crippen LogP) is 4.60. The highest BCUT2D eigenvalue weighted by molar-refractivity contribution is 6.30. The van der Waals surface area contributed by atoms with Crippen LogP contribution in [0.2, 0.25) is 5.02 Å². The maximum absolute atomic E-state index is 12.7. The second-order valence-electron chi connectivity index (χ2n) is 6.92. The fourth-order valence-corrected chi connectivity index (χ4v) is 3.29. The Morgan fingerprint density at radius 2 is 2.03 bits per heavy atom. The number of nitrogen functional groups attached to an aromatic ring is 1. The second-order valence-corrected chi connectivity index (χ2v) is 7.35. The molecule has 0 aliphatic heterocycles. The van der Waals surface area contributed by atoms with E-state index in [1.165, 1.54) is 6.20 Å². The van der Waals surface area contributed by atoms with E-state index in [0.29, 0.717) is 22.0 Å². The standard InChI is InChI=1S/C22H20ClN5O2/c1-13(30-20-10-17(23)12-25-21(20)24)14-4-3-5-18(8-14)27-22(29)15-6-7-16-11-26-28(2)19(16)9-15/h3-13H,1-2H3,(H2,24,25)(H,27,29)/t13-/m1/s1. The normalized spacial score (nSPS) is 12.0. The van der Waals surface area contributed by atoms with Gasteiger partial charge < -0.3 is 15.8 Å². The third kappa shape index (κ3) is 4.06. The number of nitrogens with zero attached hydrogens (tertiary/aromatic N) is 3. The number of hydrogen-bond donors (Lipinski definition) is 2. The topological polar surface area (TPSA) is 95.1 Å². The Kier molecular flexibility index (Phi) is 5.29. The van der Waals surface area contributed by atoms with Crippen molar-refractivity contribution in [3.8, 4) is 5.75 Å². The number of rotatable bonds is 5. The number of carbonyl (C=O) groups is 1. The minimum atomic E-state index is -0.324. The number of pyridine rings is 1. The lowest BCUT2D eigenvalue weighted by Gasteiger charge is -2.17. The zero-order chi connectivity index (χ0) is 21.3. The van der Waals surface area contributed by atoms with Gasteiger partial charge in [0.05, 0.1) is 16.7 Å². The molecule has 2 aromatic heterocycles. The predicted molar refractivity (Wildman–Crippen MR) is 118 cm³/mol. The highest BCUT2D eigenvalue weighted by Crippen LogP contribution is 2.29. The molecule has 152 valence electrons. The number of aryl methyl sites for hydroxylation is 1. The monoisotopic (exact) mass is 421 g/mol. The summed E-state index contributed by atoms with van der Waals surface area (Å²) in [5, 5.41) is 8.56. The highest BCUT2D eigenvalue weighted by atomic mass is 35.5. The summed E-state index contributed by atoms with van der Waals surface area (Å²) in [7, 11) is 1.84. The van der Waals surface area contributed by atoms with Gasteiger partial charge in [-0.05, 0) is 36.8 Å². The van der Waals surface area contributed by atoms with Crippen LogP contribution in [-0.4, -0.2) is 20.7 Å². The number of amides is 1. The molecule has 0 spiro atoms. The van der Waals surface area contributed by atoms with Gasteiger partial charge in [-0.3, -0.25) is 9.48 Å². The smallest absolute Gasteiger partial charge is 0.255 e. The minimum absolute atomic E-state index is 0.202. The van der Waals surface area contributed by atoms with Gasteiger partial charge in [0, 0.05) is 35.9 Å². The van der Waals surface area contributed by atoms with Crippen LogP contribution in [-0.2, 0) is 7.05 Å². The number of anilines is 2. The van der Waals surface area contributed by atoms with E-state index in [-0.39, 0.29) is 17.8 Å². The summed E-state index contributed by atoms with van der Waals surface area (Å²) >= 11 is 5.97. The number of nitrogens with one attached hydrogen (secondary N) is 1. The highest BCUT2D eigenvalue weighted by Gasteiger charge is 2.13. The number of nitrogens with two attached hydrogens (primary N) is 1. The number of halogens is 1. The van der Waals surface area contributed by atoms with E-state index in [1.54, 1.807) is 23.0 Å². The maximum atomic E-state index is 12.7. The molecule has 1 amide bonds. The van der Waals surface area contributed by atoms with Crippen molar-refractivity contribution in [2.45, 2.75) is 13.0 Å². The number of carbonyl (C=O) groups excluding carboxylic acids is 1. The molecule has 1 atom stereocenters. The van der Waals surface area contributed by atoms with Crippen LogP contribution in [0, 0.1) is 0 Å².